The molecule has 23 heavy (non-hydrogen) atoms. The van der Waals surface area contributed by atoms with Crippen LogP contribution in [0.15, 0.2) is 46.8 Å². The first kappa shape index (κ1) is 14.3. The van der Waals surface area contributed by atoms with Crippen molar-refractivity contribution in [2.24, 2.45) is 5.92 Å². The van der Waals surface area contributed by atoms with Crippen LogP contribution in [-0.2, 0) is 17.8 Å². The molecule has 6 nitrogen and oxygen atoms in total. The molecule has 118 valence electrons. The first-order valence-corrected chi connectivity index (χ1v) is 8.78. The summed E-state index contributed by atoms with van der Waals surface area (Å²) < 4.78 is 1.85. The Morgan fingerprint density at radius 2 is 2.17 bits per heavy atom. The average molecular weight is 327 g/mol. The lowest BCUT2D eigenvalue weighted by molar-refractivity contribution is -0.118. The van der Waals surface area contributed by atoms with Crippen molar-refractivity contribution in [3.8, 4) is 0 Å². The Balaban J connectivity index is 1.65. The lowest BCUT2D eigenvalue weighted by Gasteiger charge is -2.32. The van der Waals surface area contributed by atoms with Crippen LogP contribution in [0.5, 0.6) is 0 Å². The highest BCUT2D eigenvalue weighted by Crippen LogP contribution is 2.30. The zero-order chi connectivity index (χ0) is 15.8. The normalized spacial score (nSPS) is 19.7. The highest BCUT2D eigenvalue weighted by Gasteiger charge is 2.33. The largest absolute Gasteiger partial charge is 0.350 e. The van der Waals surface area contributed by atoms with Gasteiger partial charge in [0.05, 0.1) is 6.54 Å². The third-order valence-electron chi connectivity index (χ3n) is 4.27. The molecule has 1 aromatic carbocycles. The van der Waals surface area contributed by atoms with Crippen LogP contribution in [0.4, 0.5) is 5.95 Å². The third-order valence-corrected chi connectivity index (χ3v) is 4.80. The van der Waals surface area contributed by atoms with Crippen molar-refractivity contribution in [3.05, 3.63) is 47.2 Å². The van der Waals surface area contributed by atoms with E-state index in [9.17, 15) is 4.79 Å². The number of anilines is 1. The molecule has 1 amide bonds. The number of rotatable bonds is 3. The molecule has 0 aliphatic carbocycles. The average Bonchev–Trinajstić information content (AvgIpc) is 2.99. The fourth-order valence-electron chi connectivity index (χ4n) is 3.10. The number of aromatic nitrogens is 3. The van der Waals surface area contributed by atoms with E-state index in [0.717, 1.165) is 12.0 Å². The van der Waals surface area contributed by atoms with E-state index < -0.39 is 0 Å². The third kappa shape index (κ3) is 2.61. The van der Waals surface area contributed by atoms with Gasteiger partial charge in [0.1, 0.15) is 5.70 Å². The molecular formula is C16H17N5OS. The second kappa shape index (κ2) is 5.73. The van der Waals surface area contributed by atoms with E-state index >= 15 is 0 Å². The molecule has 3 heterocycles. The summed E-state index contributed by atoms with van der Waals surface area (Å²) in [4.78, 5) is 16.6. The van der Waals surface area contributed by atoms with Crippen molar-refractivity contribution >= 4 is 23.6 Å². The van der Waals surface area contributed by atoms with Gasteiger partial charge >= 0.3 is 0 Å². The molecular weight excluding hydrogens is 310 g/mol. The van der Waals surface area contributed by atoms with Crippen LogP contribution in [0.3, 0.4) is 0 Å². The number of carbonyl (C=O) groups excluding carboxylic acids is 1. The van der Waals surface area contributed by atoms with Gasteiger partial charge in [0.15, 0.2) is 0 Å². The Kier molecular flexibility index (Phi) is 3.57. The summed E-state index contributed by atoms with van der Waals surface area (Å²) in [7, 11) is 0. The summed E-state index contributed by atoms with van der Waals surface area (Å²) in [6.07, 6.45) is 2.85. The smallest absolute Gasteiger partial charge is 0.267 e. The van der Waals surface area contributed by atoms with E-state index in [1.54, 1.807) is 0 Å². The van der Waals surface area contributed by atoms with Gasteiger partial charge in [0, 0.05) is 12.5 Å². The number of fused-ring (bicyclic) bond motifs is 1. The zero-order valence-electron chi connectivity index (χ0n) is 12.7. The number of hydrogen-bond donors (Lipinski definition) is 2. The molecule has 0 bridgehead atoms. The van der Waals surface area contributed by atoms with Gasteiger partial charge in [0.25, 0.3) is 5.91 Å². The quantitative estimate of drug-likeness (QED) is 0.839. The van der Waals surface area contributed by atoms with Crippen LogP contribution in [0, 0.1) is 5.92 Å². The number of carbonyl (C=O) groups is 1. The van der Waals surface area contributed by atoms with Gasteiger partial charge in [-0.15, -0.1) is 5.10 Å². The Morgan fingerprint density at radius 1 is 1.35 bits per heavy atom. The first-order chi connectivity index (χ1) is 11.2. The van der Waals surface area contributed by atoms with Crippen LogP contribution < -0.4 is 10.6 Å². The topological polar surface area (TPSA) is 71.8 Å². The lowest BCUT2D eigenvalue weighted by atomic mass is 9.87. The van der Waals surface area contributed by atoms with E-state index in [4.69, 9.17) is 0 Å². The molecule has 2 aromatic rings. The highest BCUT2D eigenvalue weighted by atomic mass is 32.2. The summed E-state index contributed by atoms with van der Waals surface area (Å²) >= 11 is 1.50. The molecule has 0 fully saturated rings. The summed E-state index contributed by atoms with van der Waals surface area (Å²) in [5.41, 5.74) is 3.03. The number of benzene rings is 1. The first-order valence-electron chi connectivity index (χ1n) is 7.55. The maximum atomic E-state index is 12.2. The minimum absolute atomic E-state index is 0.0516. The van der Waals surface area contributed by atoms with Gasteiger partial charge in [-0.2, -0.15) is 4.98 Å². The van der Waals surface area contributed by atoms with Gasteiger partial charge in [-0.05, 0) is 23.8 Å². The van der Waals surface area contributed by atoms with E-state index in [1.807, 2.05) is 29.1 Å². The molecule has 1 unspecified atom stereocenters. The second-order valence-electron chi connectivity index (χ2n) is 5.70. The maximum Gasteiger partial charge on any atom is 0.267 e. The highest BCUT2D eigenvalue weighted by molar-refractivity contribution is 7.98. The zero-order valence-corrected chi connectivity index (χ0v) is 13.6. The molecule has 0 saturated carbocycles. The van der Waals surface area contributed by atoms with Gasteiger partial charge in [-0.25, -0.2) is 4.68 Å². The van der Waals surface area contributed by atoms with Gasteiger partial charge in [-0.1, -0.05) is 42.1 Å². The Labute approximate surface area is 138 Å². The van der Waals surface area contributed by atoms with Crippen molar-refractivity contribution in [2.45, 2.75) is 18.1 Å². The summed E-state index contributed by atoms with van der Waals surface area (Å²) in [6.45, 7) is 1.28. The molecule has 0 saturated heterocycles. The van der Waals surface area contributed by atoms with Crippen molar-refractivity contribution in [2.75, 3.05) is 18.1 Å². The molecule has 1 aromatic heterocycles. The number of hydrogen-bond acceptors (Lipinski definition) is 5. The summed E-state index contributed by atoms with van der Waals surface area (Å²) in [5, 5.41) is 11.3. The Morgan fingerprint density at radius 3 is 2.96 bits per heavy atom. The van der Waals surface area contributed by atoms with Gasteiger partial charge in [0.2, 0.25) is 11.1 Å². The molecule has 2 aliphatic rings. The molecule has 0 radical (unpaired) electrons. The summed E-state index contributed by atoms with van der Waals surface area (Å²) in [5.74, 6) is 0.862. The standard InChI is InChI=1S/C16H17N5OS/c1-23-16-19-15-18-13-12(9-21(15)20-16)11(8-17-14(13)22)7-10-5-3-2-4-6-10/h2-6,11H,7-9H2,1H3,(H,17,22)(H,18,19,20). The fraction of sp³-hybridized carbons (Fsp3) is 0.312. The number of nitrogens with one attached hydrogen (secondary N) is 2. The molecule has 0 spiro atoms. The molecule has 2 N–H and O–H groups in total. The molecule has 4 rings (SSSR count). The minimum atomic E-state index is -0.0516. The Bertz CT molecular complexity index is 783. The maximum absolute atomic E-state index is 12.2. The number of nitrogens with zero attached hydrogens (tertiary/aromatic N) is 3. The van der Waals surface area contributed by atoms with Crippen LogP contribution in [0.25, 0.3) is 0 Å². The van der Waals surface area contributed by atoms with E-state index in [0.29, 0.717) is 29.9 Å². The van der Waals surface area contributed by atoms with Gasteiger partial charge < -0.3 is 10.6 Å². The van der Waals surface area contributed by atoms with E-state index in [1.165, 1.54) is 17.3 Å². The number of amides is 1. The van der Waals surface area contributed by atoms with E-state index in [2.05, 4.69) is 32.8 Å². The SMILES string of the molecule is CSc1nc2n(n1)CC1=C(N2)C(=O)NCC1Cc1ccccc1. The molecule has 2 aliphatic heterocycles. The monoisotopic (exact) mass is 327 g/mol. The van der Waals surface area contributed by atoms with Crippen LogP contribution >= 0.6 is 11.8 Å². The fourth-order valence-corrected chi connectivity index (χ4v) is 3.46. The van der Waals surface area contributed by atoms with Crippen molar-refractivity contribution < 1.29 is 4.79 Å². The van der Waals surface area contributed by atoms with Crippen LogP contribution in [0.2, 0.25) is 0 Å². The minimum Gasteiger partial charge on any atom is -0.350 e. The summed E-state index contributed by atoms with van der Waals surface area (Å²) in [6, 6.07) is 10.4. The second-order valence-corrected chi connectivity index (χ2v) is 6.48. The lowest BCUT2D eigenvalue weighted by Crippen LogP contribution is -2.43. The van der Waals surface area contributed by atoms with E-state index in [-0.39, 0.29) is 11.8 Å². The molecule has 1 atom stereocenters. The van der Waals surface area contributed by atoms with Crippen molar-refractivity contribution in [3.63, 3.8) is 0 Å². The van der Waals surface area contributed by atoms with Crippen LogP contribution in [-0.4, -0.2) is 33.5 Å². The van der Waals surface area contributed by atoms with Gasteiger partial charge in [-0.3, -0.25) is 4.79 Å². The van der Waals surface area contributed by atoms with Crippen molar-refractivity contribution in [1.29, 1.82) is 0 Å². The van der Waals surface area contributed by atoms with Crippen LogP contribution in [0.1, 0.15) is 5.56 Å². The van der Waals surface area contributed by atoms with Crippen molar-refractivity contribution in [1.82, 2.24) is 20.1 Å². The number of thioether (sulfide) groups is 1. The Hall–Kier alpha value is -2.28. The molecule has 7 heteroatoms. The predicted molar refractivity (Wildman–Crippen MR) is 89.1 cm³/mol. The predicted octanol–water partition coefficient (Wildman–Crippen LogP) is 1.67.